The van der Waals surface area contributed by atoms with E-state index in [0.717, 1.165) is 30.0 Å². The van der Waals surface area contributed by atoms with Crippen LogP contribution in [0, 0.1) is 18.3 Å². The van der Waals surface area contributed by atoms with Crippen LogP contribution in [0.1, 0.15) is 34.3 Å². The van der Waals surface area contributed by atoms with Gasteiger partial charge in [-0.1, -0.05) is 0 Å². The smallest absolute Gasteiger partial charge is 0.0900 e. The molecule has 0 fully saturated rings. The number of hydrogen-bond acceptors (Lipinski definition) is 3. The third kappa shape index (κ3) is 1.12. The van der Waals surface area contributed by atoms with Crippen molar-refractivity contribution in [2.75, 3.05) is 0 Å². The van der Waals surface area contributed by atoms with E-state index in [1.807, 2.05) is 6.92 Å². The number of fused-ring (bicyclic) bond motifs is 1. The van der Waals surface area contributed by atoms with Crippen molar-refractivity contribution in [1.29, 1.82) is 5.26 Å². The van der Waals surface area contributed by atoms with Crippen LogP contribution in [0.4, 0.5) is 0 Å². The molecule has 1 aromatic heterocycles. The van der Waals surface area contributed by atoms with Crippen LogP contribution in [0.5, 0.6) is 0 Å². The Balaban J connectivity index is 2.45. The lowest BCUT2D eigenvalue weighted by Crippen LogP contribution is -2.06. The average molecular weight is 178 g/mol. The lowest BCUT2D eigenvalue weighted by molar-refractivity contribution is 0.630. The van der Waals surface area contributed by atoms with Crippen molar-refractivity contribution in [2.24, 2.45) is 0 Å². The maximum atomic E-state index is 8.86. The van der Waals surface area contributed by atoms with Gasteiger partial charge in [0.05, 0.1) is 22.7 Å². The molecule has 1 aromatic rings. The first-order valence-corrected chi connectivity index (χ1v) is 4.98. The number of aromatic nitrogens is 1. The van der Waals surface area contributed by atoms with Crippen LogP contribution in [-0.2, 0) is 6.42 Å². The van der Waals surface area contributed by atoms with Crippen LogP contribution in [0.3, 0.4) is 0 Å². The molecule has 0 saturated heterocycles. The van der Waals surface area contributed by atoms with E-state index in [2.05, 4.69) is 11.1 Å². The Hall–Kier alpha value is -0.880. The summed E-state index contributed by atoms with van der Waals surface area (Å²) in [4.78, 5) is 5.74. The summed E-state index contributed by atoms with van der Waals surface area (Å²) >= 11 is 1.75. The lowest BCUT2D eigenvalue weighted by Gasteiger charge is -2.13. The van der Waals surface area contributed by atoms with Crippen molar-refractivity contribution < 1.29 is 0 Å². The van der Waals surface area contributed by atoms with Gasteiger partial charge in [0, 0.05) is 4.88 Å². The largest absolute Gasteiger partial charge is 0.245 e. The van der Waals surface area contributed by atoms with Gasteiger partial charge < -0.3 is 0 Å². The second-order valence-electron chi connectivity index (χ2n) is 3.12. The SMILES string of the molecule is Cc1nc2c(s1)CCCC2C#N. The van der Waals surface area contributed by atoms with Crippen LogP contribution in [-0.4, -0.2) is 4.98 Å². The molecule has 62 valence electrons. The zero-order valence-corrected chi connectivity index (χ0v) is 7.82. The summed E-state index contributed by atoms with van der Waals surface area (Å²) in [6, 6.07) is 2.32. The highest BCUT2D eigenvalue weighted by molar-refractivity contribution is 7.11. The van der Waals surface area contributed by atoms with Crippen molar-refractivity contribution in [3.63, 3.8) is 0 Å². The third-order valence-electron chi connectivity index (χ3n) is 2.22. The molecule has 0 aliphatic heterocycles. The second-order valence-corrected chi connectivity index (χ2v) is 4.40. The highest BCUT2D eigenvalue weighted by Gasteiger charge is 2.23. The summed E-state index contributed by atoms with van der Waals surface area (Å²) in [6.45, 7) is 2.01. The Bertz CT molecular complexity index is 335. The minimum absolute atomic E-state index is 0.0682. The van der Waals surface area contributed by atoms with Crippen LogP contribution in [0.15, 0.2) is 0 Å². The van der Waals surface area contributed by atoms with Crippen LogP contribution < -0.4 is 0 Å². The Labute approximate surface area is 75.9 Å². The molecule has 0 bridgehead atoms. The minimum atomic E-state index is 0.0682. The van der Waals surface area contributed by atoms with Crippen molar-refractivity contribution in [3.8, 4) is 6.07 Å². The highest BCUT2D eigenvalue weighted by atomic mass is 32.1. The second kappa shape index (κ2) is 2.87. The number of rotatable bonds is 0. The Morgan fingerprint density at radius 1 is 1.67 bits per heavy atom. The van der Waals surface area contributed by atoms with Gasteiger partial charge in [-0.25, -0.2) is 4.98 Å². The van der Waals surface area contributed by atoms with E-state index >= 15 is 0 Å². The van der Waals surface area contributed by atoms with Gasteiger partial charge in [0.1, 0.15) is 0 Å². The number of nitriles is 1. The van der Waals surface area contributed by atoms with E-state index in [9.17, 15) is 0 Å². The van der Waals surface area contributed by atoms with E-state index in [1.165, 1.54) is 4.88 Å². The van der Waals surface area contributed by atoms with E-state index in [-0.39, 0.29) is 5.92 Å². The fourth-order valence-electron chi connectivity index (χ4n) is 1.67. The van der Waals surface area contributed by atoms with Gasteiger partial charge in [0.25, 0.3) is 0 Å². The monoisotopic (exact) mass is 178 g/mol. The van der Waals surface area contributed by atoms with Crippen molar-refractivity contribution in [1.82, 2.24) is 4.98 Å². The first-order chi connectivity index (χ1) is 5.81. The standard InChI is InChI=1S/C9H10N2S/c1-6-11-9-7(5-10)3-2-4-8(9)12-6/h7H,2-4H2,1H3. The number of hydrogen-bond donors (Lipinski definition) is 0. The molecule has 3 heteroatoms. The van der Waals surface area contributed by atoms with Crippen LogP contribution in [0.2, 0.25) is 0 Å². The molecule has 0 saturated carbocycles. The van der Waals surface area contributed by atoms with E-state index in [1.54, 1.807) is 11.3 Å². The third-order valence-corrected chi connectivity index (χ3v) is 3.26. The molecule has 0 N–H and O–H groups in total. The zero-order valence-electron chi connectivity index (χ0n) is 7.00. The Kier molecular flexibility index (Phi) is 1.86. The van der Waals surface area contributed by atoms with E-state index in [0.29, 0.717) is 0 Å². The molecule has 0 amide bonds. The molecule has 2 nitrogen and oxygen atoms in total. The van der Waals surface area contributed by atoms with Crippen LogP contribution in [0.25, 0.3) is 0 Å². The molecule has 1 heterocycles. The van der Waals surface area contributed by atoms with Crippen molar-refractivity contribution in [2.45, 2.75) is 32.1 Å². The van der Waals surface area contributed by atoms with Gasteiger partial charge in [-0.2, -0.15) is 5.26 Å². The molecule has 1 atom stereocenters. The molecule has 0 aromatic carbocycles. The molecule has 0 spiro atoms. The number of nitrogens with zero attached hydrogens (tertiary/aromatic N) is 2. The molecule has 1 aliphatic carbocycles. The van der Waals surface area contributed by atoms with Gasteiger partial charge in [0.2, 0.25) is 0 Å². The predicted molar refractivity (Wildman–Crippen MR) is 48.1 cm³/mol. The summed E-state index contributed by atoms with van der Waals surface area (Å²) < 4.78 is 0. The van der Waals surface area contributed by atoms with Crippen molar-refractivity contribution >= 4 is 11.3 Å². The molecule has 12 heavy (non-hydrogen) atoms. The van der Waals surface area contributed by atoms with Gasteiger partial charge in [-0.05, 0) is 26.2 Å². The molecule has 1 aliphatic rings. The Morgan fingerprint density at radius 3 is 3.25 bits per heavy atom. The first-order valence-electron chi connectivity index (χ1n) is 4.17. The maximum absolute atomic E-state index is 8.86. The molecular formula is C9H10N2S. The molecule has 0 radical (unpaired) electrons. The maximum Gasteiger partial charge on any atom is 0.0900 e. The lowest BCUT2D eigenvalue weighted by atomic mass is 9.92. The fraction of sp³-hybridized carbons (Fsp3) is 0.556. The van der Waals surface area contributed by atoms with Gasteiger partial charge in [-0.15, -0.1) is 11.3 Å². The quantitative estimate of drug-likeness (QED) is 0.611. The Morgan fingerprint density at radius 2 is 2.50 bits per heavy atom. The fourth-order valence-corrected chi connectivity index (χ4v) is 2.71. The molecule has 2 rings (SSSR count). The number of aryl methyl sites for hydroxylation is 2. The van der Waals surface area contributed by atoms with E-state index in [4.69, 9.17) is 5.26 Å². The highest BCUT2D eigenvalue weighted by Crippen LogP contribution is 2.33. The van der Waals surface area contributed by atoms with Crippen molar-refractivity contribution in [3.05, 3.63) is 15.6 Å². The summed E-state index contributed by atoms with van der Waals surface area (Å²) in [5.41, 5.74) is 1.06. The average Bonchev–Trinajstić information content (AvgIpc) is 2.44. The summed E-state index contributed by atoms with van der Waals surface area (Å²) in [6.07, 6.45) is 3.26. The normalized spacial score (nSPS) is 21.5. The predicted octanol–water partition coefficient (Wildman–Crippen LogP) is 2.40. The minimum Gasteiger partial charge on any atom is -0.245 e. The summed E-state index contributed by atoms with van der Waals surface area (Å²) in [7, 11) is 0. The van der Waals surface area contributed by atoms with Crippen LogP contribution >= 0.6 is 11.3 Å². The molecule has 1 unspecified atom stereocenters. The van der Waals surface area contributed by atoms with Gasteiger partial charge in [0.15, 0.2) is 0 Å². The summed E-state index contributed by atoms with van der Waals surface area (Å²) in [5, 5.41) is 9.96. The molecular weight excluding hydrogens is 168 g/mol. The summed E-state index contributed by atoms with van der Waals surface area (Å²) in [5.74, 6) is 0.0682. The zero-order chi connectivity index (χ0) is 8.55. The van der Waals surface area contributed by atoms with E-state index < -0.39 is 0 Å². The van der Waals surface area contributed by atoms with Gasteiger partial charge >= 0.3 is 0 Å². The topological polar surface area (TPSA) is 36.7 Å². The first kappa shape index (κ1) is 7.75. The van der Waals surface area contributed by atoms with Gasteiger partial charge in [-0.3, -0.25) is 0 Å². The number of thiazole rings is 1.